The van der Waals surface area contributed by atoms with Gasteiger partial charge in [0.2, 0.25) is 11.9 Å². The maximum absolute atomic E-state index is 12.3. The molecule has 0 spiro atoms. The van der Waals surface area contributed by atoms with Gasteiger partial charge >= 0.3 is 0 Å². The average molecular weight is 432 g/mol. The second kappa shape index (κ2) is 10.1. The first-order chi connectivity index (χ1) is 15.6. The number of nitrogens with one attached hydrogen (secondary N) is 2. The van der Waals surface area contributed by atoms with Crippen molar-refractivity contribution in [2.75, 3.05) is 35.7 Å². The molecule has 2 N–H and O–H groups in total. The molecule has 0 unspecified atom stereocenters. The molecule has 1 aliphatic heterocycles. The molecule has 0 aliphatic carbocycles. The van der Waals surface area contributed by atoms with Crippen LogP contribution in [0.15, 0.2) is 54.6 Å². The van der Waals surface area contributed by atoms with E-state index in [1.54, 1.807) is 7.11 Å². The molecule has 1 amide bonds. The van der Waals surface area contributed by atoms with Crippen LogP contribution in [0.2, 0.25) is 0 Å². The molecule has 3 aromatic rings. The van der Waals surface area contributed by atoms with E-state index in [1.807, 2.05) is 61.5 Å². The number of aromatic nitrogens is 2. The molecule has 7 heteroatoms. The van der Waals surface area contributed by atoms with E-state index in [0.717, 1.165) is 47.3 Å². The second-order valence-electron chi connectivity index (χ2n) is 7.98. The van der Waals surface area contributed by atoms with Crippen LogP contribution in [0.25, 0.3) is 0 Å². The second-order valence-corrected chi connectivity index (χ2v) is 7.98. The molecule has 7 nitrogen and oxygen atoms in total. The molecule has 2 heterocycles. The van der Waals surface area contributed by atoms with E-state index in [0.29, 0.717) is 18.8 Å². The number of hydrogen-bond donors (Lipinski definition) is 2. The summed E-state index contributed by atoms with van der Waals surface area (Å²) in [6, 6.07) is 17.4. The van der Waals surface area contributed by atoms with Crippen LogP contribution in [-0.2, 0) is 11.2 Å². The molecule has 0 atom stereocenters. The molecule has 166 valence electrons. The first kappa shape index (κ1) is 21.6. The fourth-order valence-electron chi connectivity index (χ4n) is 3.76. The van der Waals surface area contributed by atoms with Gasteiger partial charge in [-0.15, -0.1) is 0 Å². The number of amides is 1. The number of methoxy groups -OCH3 is 1. The molecule has 1 fully saturated rings. The molecular weight excluding hydrogens is 402 g/mol. The summed E-state index contributed by atoms with van der Waals surface area (Å²) in [5.41, 5.74) is 3.68. The summed E-state index contributed by atoms with van der Waals surface area (Å²) in [5, 5.41) is 6.23. The predicted molar refractivity (Wildman–Crippen MR) is 128 cm³/mol. The van der Waals surface area contributed by atoms with Gasteiger partial charge in [0.25, 0.3) is 0 Å². The van der Waals surface area contributed by atoms with Crippen molar-refractivity contribution in [3.8, 4) is 5.75 Å². The number of carbonyl (C=O) groups excluding carboxylic acids is 1. The standard InChI is InChI=1S/C25H29N5O2/c1-18-17-23(30-15-3-4-16-30)29-25(26-18)28-21-10-8-20(9-11-21)27-24(31)14-7-19-5-12-22(32-2)13-6-19/h5-6,8-13,17H,3-4,7,14-16H2,1-2H3,(H,27,31)(H,26,28,29). The van der Waals surface area contributed by atoms with Crippen molar-refractivity contribution in [3.05, 3.63) is 65.9 Å². The summed E-state index contributed by atoms with van der Waals surface area (Å²) in [4.78, 5) is 23.8. The Bertz CT molecular complexity index is 1040. The summed E-state index contributed by atoms with van der Waals surface area (Å²) < 4.78 is 5.16. The van der Waals surface area contributed by atoms with Crippen LogP contribution in [0.5, 0.6) is 5.75 Å². The van der Waals surface area contributed by atoms with Gasteiger partial charge in [-0.05, 0) is 68.1 Å². The van der Waals surface area contributed by atoms with Crippen molar-refractivity contribution in [2.45, 2.75) is 32.6 Å². The topological polar surface area (TPSA) is 79.4 Å². The fourth-order valence-corrected chi connectivity index (χ4v) is 3.76. The third kappa shape index (κ3) is 5.75. The van der Waals surface area contributed by atoms with Gasteiger partial charge in [-0.25, -0.2) is 4.98 Å². The zero-order valence-electron chi connectivity index (χ0n) is 18.6. The Morgan fingerprint density at radius 1 is 1.00 bits per heavy atom. The Morgan fingerprint density at radius 2 is 1.69 bits per heavy atom. The number of benzene rings is 2. The number of hydrogen-bond acceptors (Lipinski definition) is 6. The largest absolute Gasteiger partial charge is 0.497 e. The van der Waals surface area contributed by atoms with E-state index in [9.17, 15) is 4.79 Å². The summed E-state index contributed by atoms with van der Waals surface area (Å²) in [6.07, 6.45) is 3.51. The van der Waals surface area contributed by atoms with Crippen molar-refractivity contribution in [3.63, 3.8) is 0 Å². The van der Waals surface area contributed by atoms with E-state index >= 15 is 0 Å². The molecule has 1 saturated heterocycles. The molecule has 2 aromatic carbocycles. The SMILES string of the molecule is COc1ccc(CCC(=O)Nc2ccc(Nc3nc(C)cc(N4CCCC4)n3)cc2)cc1. The van der Waals surface area contributed by atoms with Crippen molar-refractivity contribution < 1.29 is 9.53 Å². The first-order valence-corrected chi connectivity index (χ1v) is 11.0. The highest BCUT2D eigenvalue weighted by atomic mass is 16.5. The van der Waals surface area contributed by atoms with Crippen LogP contribution in [0.3, 0.4) is 0 Å². The maximum Gasteiger partial charge on any atom is 0.229 e. The number of nitrogens with zero attached hydrogens (tertiary/aromatic N) is 3. The Balaban J connectivity index is 1.31. The zero-order chi connectivity index (χ0) is 22.3. The minimum absolute atomic E-state index is 0.0150. The number of aryl methyl sites for hydroxylation is 2. The third-order valence-corrected chi connectivity index (χ3v) is 5.50. The van der Waals surface area contributed by atoms with E-state index in [-0.39, 0.29) is 5.91 Å². The van der Waals surface area contributed by atoms with Crippen LogP contribution in [0.1, 0.15) is 30.5 Å². The highest BCUT2D eigenvalue weighted by Crippen LogP contribution is 2.22. The van der Waals surface area contributed by atoms with Gasteiger partial charge in [0.05, 0.1) is 7.11 Å². The normalized spacial score (nSPS) is 13.1. The van der Waals surface area contributed by atoms with Gasteiger partial charge in [-0.1, -0.05) is 12.1 Å². The molecule has 1 aromatic heterocycles. The van der Waals surface area contributed by atoms with Crippen molar-refractivity contribution in [1.29, 1.82) is 0 Å². The quantitative estimate of drug-likeness (QED) is 0.538. The predicted octanol–water partition coefficient (Wildman–Crippen LogP) is 4.71. The van der Waals surface area contributed by atoms with Crippen LogP contribution < -0.4 is 20.3 Å². The number of carbonyl (C=O) groups is 1. The maximum atomic E-state index is 12.3. The van der Waals surface area contributed by atoms with Crippen molar-refractivity contribution in [1.82, 2.24) is 9.97 Å². The number of ether oxygens (including phenoxy) is 1. The highest BCUT2D eigenvalue weighted by molar-refractivity contribution is 5.91. The van der Waals surface area contributed by atoms with Gasteiger partial charge in [-0.2, -0.15) is 4.98 Å². The lowest BCUT2D eigenvalue weighted by molar-refractivity contribution is -0.116. The monoisotopic (exact) mass is 431 g/mol. The summed E-state index contributed by atoms with van der Waals surface area (Å²) >= 11 is 0. The molecule has 0 bridgehead atoms. The lowest BCUT2D eigenvalue weighted by Gasteiger charge is -2.17. The van der Waals surface area contributed by atoms with Gasteiger partial charge in [-0.3, -0.25) is 4.79 Å². The van der Waals surface area contributed by atoms with E-state index in [1.165, 1.54) is 12.8 Å². The zero-order valence-corrected chi connectivity index (χ0v) is 18.6. The van der Waals surface area contributed by atoms with Crippen LogP contribution in [-0.4, -0.2) is 36.1 Å². The Hall–Kier alpha value is -3.61. The highest BCUT2D eigenvalue weighted by Gasteiger charge is 2.15. The van der Waals surface area contributed by atoms with Crippen LogP contribution >= 0.6 is 0 Å². The summed E-state index contributed by atoms with van der Waals surface area (Å²) in [6.45, 7) is 4.07. The smallest absolute Gasteiger partial charge is 0.229 e. The van der Waals surface area contributed by atoms with E-state index in [4.69, 9.17) is 4.74 Å². The minimum atomic E-state index is -0.0150. The van der Waals surface area contributed by atoms with Gasteiger partial charge in [0.15, 0.2) is 0 Å². The molecule has 0 radical (unpaired) electrons. The average Bonchev–Trinajstić information content (AvgIpc) is 3.34. The molecule has 4 rings (SSSR count). The van der Waals surface area contributed by atoms with Crippen LogP contribution in [0, 0.1) is 6.92 Å². The summed E-state index contributed by atoms with van der Waals surface area (Å²) in [7, 11) is 1.64. The van der Waals surface area contributed by atoms with Crippen molar-refractivity contribution >= 4 is 29.0 Å². The van der Waals surface area contributed by atoms with Crippen molar-refractivity contribution in [2.24, 2.45) is 0 Å². The fraction of sp³-hybridized carbons (Fsp3) is 0.320. The molecular formula is C25H29N5O2. The molecule has 1 aliphatic rings. The van der Waals surface area contributed by atoms with Gasteiger partial charge in [0.1, 0.15) is 11.6 Å². The Morgan fingerprint density at radius 3 is 2.38 bits per heavy atom. The van der Waals surface area contributed by atoms with Gasteiger partial charge in [0, 0.05) is 42.6 Å². The molecule has 0 saturated carbocycles. The lowest BCUT2D eigenvalue weighted by Crippen LogP contribution is -2.19. The number of rotatable bonds is 8. The summed E-state index contributed by atoms with van der Waals surface area (Å²) in [5.74, 6) is 2.36. The first-order valence-electron chi connectivity index (χ1n) is 11.0. The van der Waals surface area contributed by atoms with Gasteiger partial charge < -0.3 is 20.3 Å². The van der Waals surface area contributed by atoms with E-state index in [2.05, 4.69) is 25.5 Å². The lowest BCUT2D eigenvalue weighted by atomic mass is 10.1. The minimum Gasteiger partial charge on any atom is -0.497 e. The van der Waals surface area contributed by atoms with Crippen LogP contribution in [0.4, 0.5) is 23.1 Å². The van der Waals surface area contributed by atoms with E-state index < -0.39 is 0 Å². The Kier molecular flexibility index (Phi) is 6.84. The Labute approximate surface area is 188 Å². The third-order valence-electron chi connectivity index (χ3n) is 5.50. The molecule has 32 heavy (non-hydrogen) atoms. The number of anilines is 4.